The predicted molar refractivity (Wildman–Crippen MR) is 56.8 cm³/mol. The highest BCUT2D eigenvalue weighted by Gasteiger charge is 2.21. The van der Waals surface area contributed by atoms with Gasteiger partial charge in [-0.15, -0.1) is 10.2 Å². The second-order valence-electron chi connectivity index (χ2n) is 3.52. The molecule has 0 aromatic carbocycles. The van der Waals surface area contributed by atoms with Crippen LogP contribution < -0.4 is 11.1 Å². The largest absolute Gasteiger partial charge is 0.350 e. The van der Waals surface area contributed by atoms with Crippen molar-refractivity contribution < 1.29 is 0 Å². The minimum Gasteiger partial charge on any atom is -0.350 e. The van der Waals surface area contributed by atoms with Crippen LogP contribution in [0, 0.1) is 0 Å². The minimum absolute atomic E-state index is 0.316. The van der Waals surface area contributed by atoms with Gasteiger partial charge in [-0.2, -0.15) is 0 Å². The van der Waals surface area contributed by atoms with Crippen LogP contribution in [0.2, 0.25) is 0 Å². The summed E-state index contributed by atoms with van der Waals surface area (Å²) in [6.07, 6.45) is 4.77. The van der Waals surface area contributed by atoms with E-state index in [1.807, 2.05) is 0 Å². The molecule has 0 aliphatic heterocycles. The van der Waals surface area contributed by atoms with Gasteiger partial charge in [-0.1, -0.05) is 0 Å². The molecule has 3 N–H and O–H groups in total. The summed E-state index contributed by atoms with van der Waals surface area (Å²) in [5.41, 5.74) is 5.80. The van der Waals surface area contributed by atoms with Crippen molar-refractivity contribution in [3.8, 4) is 0 Å². The second kappa shape index (κ2) is 4.18. The average Bonchev–Trinajstić information content (AvgIpc) is 2.56. The van der Waals surface area contributed by atoms with Crippen LogP contribution in [0.4, 0.5) is 5.95 Å². The summed E-state index contributed by atoms with van der Waals surface area (Å²) in [5, 5.41) is 11.0. The zero-order chi connectivity index (χ0) is 9.97. The van der Waals surface area contributed by atoms with E-state index < -0.39 is 0 Å². The van der Waals surface area contributed by atoms with Gasteiger partial charge in [0.2, 0.25) is 5.95 Å². The number of aromatic nitrogens is 3. The van der Waals surface area contributed by atoms with Crippen molar-refractivity contribution in [3.63, 3.8) is 0 Å². The van der Waals surface area contributed by atoms with Crippen LogP contribution in [0.1, 0.15) is 19.3 Å². The maximum atomic E-state index is 5.80. The lowest BCUT2D eigenvalue weighted by atomic mass is 10.2. The molecule has 0 radical (unpaired) electrons. The average molecular weight is 258 g/mol. The standard InChI is InChI=1S/C8H12BrN5/c9-7-4-11-8(14-13-7)12-6-2-1-5(10)3-6/h4-6H,1-3,10H2,(H,11,12,14)/t5-,6-/m0/s1. The first-order chi connectivity index (χ1) is 6.74. The van der Waals surface area contributed by atoms with Crippen LogP contribution in [0.15, 0.2) is 10.8 Å². The van der Waals surface area contributed by atoms with Crippen LogP contribution in [-0.2, 0) is 0 Å². The van der Waals surface area contributed by atoms with Crippen LogP contribution in [-0.4, -0.2) is 27.3 Å². The van der Waals surface area contributed by atoms with E-state index in [1.165, 1.54) is 0 Å². The monoisotopic (exact) mass is 257 g/mol. The highest BCUT2D eigenvalue weighted by Crippen LogP contribution is 2.19. The Morgan fingerprint density at radius 1 is 1.43 bits per heavy atom. The number of nitrogens with zero attached hydrogens (tertiary/aromatic N) is 3. The molecule has 0 unspecified atom stereocenters. The van der Waals surface area contributed by atoms with Crippen LogP contribution in [0.5, 0.6) is 0 Å². The third-order valence-electron chi connectivity index (χ3n) is 2.34. The summed E-state index contributed by atoms with van der Waals surface area (Å²) in [5.74, 6) is 0.576. The Labute approximate surface area is 90.6 Å². The zero-order valence-electron chi connectivity index (χ0n) is 7.65. The summed E-state index contributed by atoms with van der Waals surface area (Å²) < 4.78 is 0.645. The Hall–Kier alpha value is -0.750. The fourth-order valence-corrected chi connectivity index (χ4v) is 1.84. The lowest BCUT2D eigenvalue weighted by molar-refractivity contribution is 0.683. The highest BCUT2D eigenvalue weighted by molar-refractivity contribution is 9.10. The number of nitrogens with one attached hydrogen (secondary N) is 1. The molecule has 1 heterocycles. The molecule has 1 saturated carbocycles. The molecule has 1 aliphatic carbocycles. The molecule has 0 saturated heterocycles. The molecule has 1 aromatic rings. The fraction of sp³-hybridized carbons (Fsp3) is 0.625. The van der Waals surface area contributed by atoms with E-state index in [2.05, 4.69) is 36.4 Å². The first kappa shape index (κ1) is 9.79. The van der Waals surface area contributed by atoms with E-state index in [0.29, 0.717) is 22.6 Å². The molecule has 0 amide bonds. The molecular formula is C8H12BrN5. The lowest BCUT2D eigenvalue weighted by Gasteiger charge is -2.10. The van der Waals surface area contributed by atoms with Gasteiger partial charge < -0.3 is 11.1 Å². The number of hydrogen-bond acceptors (Lipinski definition) is 5. The van der Waals surface area contributed by atoms with Gasteiger partial charge in [-0.05, 0) is 35.2 Å². The molecule has 14 heavy (non-hydrogen) atoms. The summed E-state index contributed by atoms with van der Waals surface area (Å²) in [4.78, 5) is 4.09. The molecule has 1 fully saturated rings. The summed E-state index contributed by atoms with van der Waals surface area (Å²) in [6.45, 7) is 0. The lowest BCUT2D eigenvalue weighted by Crippen LogP contribution is -2.21. The molecule has 0 spiro atoms. The Morgan fingerprint density at radius 3 is 2.86 bits per heavy atom. The summed E-state index contributed by atoms with van der Waals surface area (Å²) in [7, 11) is 0. The highest BCUT2D eigenvalue weighted by atomic mass is 79.9. The quantitative estimate of drug-likeness (QED) is 0.825. The Balaban J connectivity index is 1.94. The topological polar surface area (TPSA) is 76.7 Å². The second-order valence-corrected chi connectivity index (χ2v) is 4.33. The predicted octanol–water partition coefficient (Wildman–Crippen LogP) is 0.926. The Bertz CT molecular complexity index is 301. The minimum atomic E-state index is 0.316. The van der Waals surface area contributed by atoms with Gasteiger partial charge in [0, 0.05) is 12.1 Å². The molecular weight excluding hydrogens is 246 g/mol. The van der Waals surface area contributed by atoms with E-state index in [9.17, 15) is 0 Å². The third-order valence-corrected chi connectivity index (χ3v) is 2.70. The maximum absolute atomic E-state index is 5.80. The molecule has 76 valence electrons. The van der Waals surface area contributed by atoms with Crippen molar-refractivity contribution in [3.05, 3.63) is 10.8 Å². The van der Waals surface area contributed by atoms with E-state index in [4.69, 9.17) is 5.73 Å². The molecule has 5 nitrogen and oxygen atoms in total. The first-order valence-electron chi connectivity index (χ1n) is 4.61. The third kappa shape index (κ3) is 2.39. The van der Waals surface area contributed by atoms with Crippen LogP contribution >= 0.6 is 15.9 Å². The number of nitrogens with two attached hydrogens (primary N) is 1. The van der Waals surface area contributed by atoms with E-state index in [1.54, 1.807) is 6.20 Å². The van der Waals surface area contributed by atoms with Crippen LogP contribution in [0.25, 0.3) is 0 Å². The van der Waals surface area contributed by atoms with Gasteiger partial charge in [0.25, 0.3) is 0 Å². The van der Waals surface area contributed by atoms with E-state index >= 15 is 0 Å². The number of hydrogen-bond donors (Lipinski definition) is 2. The van der Waals surface area contributed by atoms with Crippen molar-refractivity contribution in [2.75, 3.05) is 5.32 Å². The maximum Gasteiger partial charge on any atom is 0.242 e. The smallest absolute Gasteiger partial charge is 0.242 e. The van der Waals surface area contributed by atoms with Crippen molar-refractivity contribution in [1.29, 1.82) is 0 Å². The van der Waals surface area contributed by atoms with E-state index in [0.717, 1.165) is 19.3 Å². The van der Waals surface area contributed by atoms with Crippen molar-refractivity contribution in [2.45, 2.75) is 31.3 Å². The first-order valence-corrected chi connectivity index (χ1v) is 5.40. The number of rotatable bonds is 2. The number of anilines is 1. The SMILES string of the molecule is N[C@H]1CC[C@H](Nc2ncc(Br)nn2)C1. The van der Waals surface area contributed by atoms with Crippen molar-refractivity contribution >= 4 is 21.9 Å². The van der Waals surface area contributed by atoms with Gasteiger partial charge in [0.15, 0.2) is 0 Å². The Kier molecular flexibility index (Phi) is 2.93. The van der Waals surface area contributed by atoms with Crippen LogP contribution in [0.3, 0.4) is 0 Å². The molecule has 2 rings (SSSR count). The molecule has 6 heteroatoms. The van der Waals surface area contributed by atoms with Crippen molar-refractivity contribution in [1.82, 2.24) is 15.2 Å². The number of halogens is 1. The molecule has 0 bridgehead atoms. The summed E-state index contributed by atoms with van der Waals surface area (Å²) >= 11 is 3.18. The molecule has 2 atom stereocenters. The van der Waals surface area contributed by atoms with Gasteiger partial charge in [-0.3, -0.25) is 0 Å². The van der Waals surface area contributed by atoms with Gasteiger partial charge in [0.1, 0.15) is 4.60 Å². The molecule has 1 aromatic heterocycles. The van der Waals surface area contributed by atoms with Gasteiger partial charge in [-0.25, -0.2) is 4.98 Å². The fourth-order valence-electron chi connectivity index (χ4n) is 1.66. The Morgan fingerprint density at radius 2 is 2.29 bits per heavy atom. The normalized spacial score (nSPS) is 26.4. The van der Waals surface area contributed by atoms with E-state index in [-0.39, 0.29) is 0 Å². The summed E-state index contributed by atoms with van der Waals surface area (Å²) in [6, 6.07) is 0.712. The zero-order valence-corrected chi connectivity index (χ0v) is 9.24. The van der Waals surface area contributed by atoms with Gasteiger partial charge >= 0.3 is 0 Å². The molecule has 1 aliphatic rings. The van der Waals surface area contributed by atoms with Crippen molar-refractivity contribution in [2.24, 2.45) is 5.73 Å². The van der Waals surface area contributed by atoms with Gasteiger partial charge in [0.05, 0.1) is 6.20 Å².